The summed E-state index contributed by atoms with van der Waals surface area (Å²) < 4.78 is 31.8. The summed E-state index contributed by atoms with van der Waals surface area (Å²) in [6.07, 6.45) is -1.20. The molecule has 2 aromatic rings. The number of methoxy groups -OCH3 is 1. The van der Waals surface area contributed by atoms with Crippen LogP contribution >= 0.6 is 0 Å². The molecule has 2 rings (SSSR count). The van der Waals surface area contributed by atoms with Crippen molar-refractivity contribution in [3.63, 3.8) is 0 Å². The van der Waals surface area contributed by atoms with Crippen molar-refractivity contribution in [1.29, 1.82) is 0 Å². The molecular weight excluding hydrogens is 250 g/mol. The van der Waals surface area contributed by atoms with Crippen molar-refractivity contribution in [3.05, 3.63) is 70.8 Å². The van der Waals surface area contributed by atoms with E-state index in [1.54, 1.807) is 25.3 Å². The highest BCUT2D eigenvalue weighted by Crippen LogP contribution is 2.26. The summed E-state index contributed by atoms with van der Waals surface area (Å²) in [6.45, 7) is 0.395. The van der Waals surface area contributed by atoms with E-state index >= 15 is 0 Å². The highest BCUT2D eigenvalue weighted by Gasteiger charge is 2.17. The van der Waals surface area contributed by atoms with E-state index in [4.69, 9.17) is 4.74 Å². The molecule has 0 saturated heterocycles. The highest BCUT2D eigenvalue weighted by molar-refractivity contribution is 5.33. The molecule has 0 spiro atoms. The van der Waals surface area contributed by atoms with Crippen molar-refractivity contribution < 1.29 is 18.6 Å². The number of hydrogen-bond donors (Lipinski definition) is 1. The third-order valence-electron chi connectivity index (χ3n) is 2.85. The summed E-state index contributed by atoms with van der Waals surface area (Å²) in [4.78, 5) is 0. The van der Waals surface area contributed by atoms with E-state index in [1.807, 2.05) is 6.07 Å². The average Bonchev–Trinajstić information content (AvgIpc) is 2.42. The first-order valence-electron chi connectivity index (χ1n) is 5.83. The number of hydrogen-bond acceptors (Lipinski definition) is 2. The quantitative estimate of drug-likeness (QED) is 0.919. The predicted molar refractivity (Wildman–Crippen MR) is 67.6 cm³/mol. The van der Waals surface area contributed by atoms with Gasteiger partial charge in [-0.15, -0.1) is 0 Å². The number of halogens is 2. The molecular formula is C15H14F2O2. The van der Waals surface area contributed by atoms with Crippen molar-refractivity contribution in [2.24, 2.45) is 0 Å². The van der Waals surface area contributed by atoms with E-state index in [0.29, 0.717) is 12.2 Å². The first-order valence-corrected chi connectivity index (χ1v) is 5.83. The minimum Gasteiger partial charge on any atom is -0.384 e. The lowest BCUT2D eigenvalue weighted by atomic mass is 9.99. The van der Waals surface area contributed by atoms with Gasteiger partial charge in [-0.25, -0.2) is 8.78 Å². The third-order valence-corrected chi connectivity index (χ3v) is 2.85. The lowest BCUT2D eigenvalue weighted by Crippen LogP contribution is -2.04. The molecule has 2 aromatic carbocycles. The number of rotatable bonds is 4. The Kier molecular flexibility index (Phi) is 4.24. The van der Waals surface area contributed by atoms with Crippen LogP contribution in [0.15, 0.2) is 42.5 Å². The van der Waals surface area contributed by atoms with E-state index in [2.05, 4.69) is 0 Å². The number of ether oxygens (including phenoxy) is 1. The van der Waals surface area contributed by atoms with Gasteiger partial charge < -0.3 is 9.84 Å². The molecule has 0 aliphatic rings. The van der Waals surface area contributed by atoms with Crippen LogP contribution in [0.1, 0.15) is 22.8 Å². The topological polar surface area (TPSA) is 29.5 Å². The summed E-state index contributed by atoms with van der Waals surface area (Å²) in [6, 6.07) is 10.7. The molecule has 0 aliphatic heterocycles. The maximum atomic E-state index is 13.6. The largest absolute Gasteiger partial charge is 0.384 e. The van der Waals surface area contributed by atoms with Crippen LogP contribution in [0.2, 0.25) is 0 Å². The summed E-state index contributed by atoms with van der Waals surface area (Å²) in [5.41, 5.74) is 1.28. The Morgan fingerprint density at radius 2 is 1.89 bits per heavy atom. The molecule has 19 heavy (non-hydrogen) atoms. The Labute approximate surface area is 110 Å². The number of aliphatic hydroxyl groups excluding tert-OH is 1. The molecule has 0 fully saturated rings. The standard InChI is InChI=1S/C15H14F2O2/c1-19-9-10-4-2-5-11(8-10)15(18)12-6-3-7-13(16)14(12)17/h2-8,15,18H,9H2,1H3. The van der Waals surface area contributed by atoms with Crippen LogP contribution in [0.5, 0.6) is 0 Å². The highest BCUT2D eigenvalue weighted by atomic mass is 19.2. The van der Waals surface area contributed by atoms with Crippen molar-refractivity contribution in [1.82, 2.24) is 0 Å². The zero-order valence-electron chi connectivity index (χ0n) is 10.4. The second-order valence-corrected chi connectivity index (χ2v) is 4.22. The first-order chi connectivity index (χ1) is 9.13. The van der Waals surface area contributed by atoms with Crippen molar-refractivity contribution in [2.75, 3.05) is 7.11 Å². The molecule has 1 unspecified atom stereocenters. The predicted octanol–water partition coefficient (Wildman–Crippen LogP) is 3.19. The molecule has 100 valence electrons. The molecule has 4 heteroatoms. The second kappa shape index (κ2) is 5.91. The molecule has 1 atom stereocenters. The van der Waals surface area contributed by atoms with Crippen LogP contribution in [0, 0.1) is 11.6 Å². The average molecular weight is 264 g/mol. The second-order valence-electron chi connectivity index (χ2n) is 4.22. The van der Waals surface area contributed by atoms with Crippen LogP contribution in [0.25, 0.3) is 0 Å². The Hall–Kier alpha value is -1.78. The van der Waals surface area contributed by atoms with Gasteiger partial charge in [0.2, 0.25) is 0 Å². The van der Waals surface area contributed by atoms with Crippen LogP contribution < -0.4 is 0 Å². The minimum atomic E-state index is -1.20. The fourth-order valence-electron chi connectivity index (χ4n) is 1.93. The van der Waals surface area contributed by atoms with Crippen molar-refractivity contribution >= 4 is 0 Å². The lowest BCUT2D eigenvalue weighted by Gasteiger charge is -2.13. The molecule has 0 aliphatic carbocycles. The Morgan fingerprint density at radius 3 is 2.63 bits per heavy atom. The van der Waals surface area contributed by atoms with Gasteiger partial charge in [0.15, 0.2) is 11.6 Å². The van der Waals surface area contributed by atoms with Gasteiger partial charge in [0, 0.05) is 12.7 Å². The zero-order chi connectivity index (χ0) is 13.8. The van der Waals surface area contributed by atoms with Gasteiger partial charge in [0.05, 0.1) is 6.61 Å². The van der Waals surface area contributed by atoms with Crippen LogP contribution in [0.3, 0.4) is 0 Å². The maximum Gasteiger partial charge on any atom is 0.164 e. The Balaban J connectivity index is 2.35. The van der Waals surface area contributed by atoms with Gasteiger partial charge in [0.1, 0.15) is 6.10 Å². The van der Waals surface area contributed by atoms with Gasteiger partial charge >= 0.3 is 0 Å². The van der Waals surface area contributed by atoms with Gasteiger partial charge in [0.25, 0.3) is 0 Å². The summed E-state index contributed by atoms with van der Waals surface area (Å²) in [7, 11) is 1.56. The van der Waals surface area contributed by atoms with E-state index in [0.717, 1.165) is 11.6 Å². The van der Waals surface area contributed by atoms with Gasteiger partial charge in [-0.05, 0) is 17.2 Å². The number of benzene rings is 2. The monoisotopic (exact) mass is 264 g/mol. The van der Waals surface area contributed by atoms with Crippen LogP contribution in [0.4, 0.5) is 8.78 Å². The van der Waals surface area contributed by atoms with Crippen LogP contribution in [-0.2, 0) is 11.3 Å². The molecule has 0 saturated carbocycles. The zero-order valence-corrected chi connectivity index (χ0v) is 10.4. The van der Waals surface area contributed by atoms with E-state index < -0.39 is 17.7 Å². The van der Waals surface area contributed by atoms with E-state index in [1.165, 1.54) is 12.1 Å². The summed E-state index contributed by atoms with van der Waals surface area (Å²) >= 11 is 0. The van der Waals surface area contributed by atoms with Crippen molar-refractivity contribution in [2.45, 2.75) is 12.7 Å². The smallest absolute Gasteiger partial charge is 0.164 e. The lowest BCUT2D eigenvalue weighted by molar-refractivity contribution is 0.184. The third kappa shape index (κ3) is 2.97. The molecule has 0 heterocycles. The molecule has 0 amide bonds. The first kappa shape index (κ1) is 13.6. The molecule has 0 radical (unpaired) electrons. The summed E-state index contributed by atoms with van der Waals surface area (Å²) in [5.74, 6) is -1.99. The molecule has 0 aromatic heterocycles. The van der Waals surface area contributed by atoms with E-state index in [-0.39, 0.29) is 5.56 Å². The minimum absolute atomic E-state index is 0.0745. The normalized spacial score (nSPS) is 12.4. The molecule has 1 N–H and O–H groups in total. The van der Waals surface area contributed by atoms with E-state index in [9.17, 15) is 13.9 Å². The SMILES string of the molecule is COCc1cccc(C(O)c2cccc(F)c2F)c1. The fraction of sp³-hybridized carbons (Fsp3) is 0.200. The van der Waals surface area contributed by atoms with Gasteiger partial charge in [-0.3, -0.25) is 0 Å². The molecule has 2 nitrogen and oxygen atoms in total. The maximum absolute atomic E-state index is 13.6. The van der Waals surface area contributed by atoms with Gasteiger partial charge in [-0.1, -0.05) is 36.4 Å². The van der Waals surface area contributed by atoms with Gasteiger partial charge in [-0.2, -0.15) is 0 Å². The fourth-order valence-corrected chi connectivity index (χ4v) is 1.93. The Bertz CT molecular complexity index is 570. The van der Waals surface area contributed by atoms with Crippen LogP contribution in [-0.4, -0.2) is 12.2 Å². The summed E-state index contributed by atoms with van der Waals surface area (Å²) in [5, 5.41) is 10.1. The molecule has 0 bridgehead atoms. The number of aliphatic hydroxyl groups is 1. The van der Waals surface area contributed by atoms with Crippen molar-refractivity contribution in [3.8, 4) is 0 Å². The Morgan fingerprint density at radius 1 is 1.16 bits per heavy atom.